The summed E-state index contributed by atoms with van der Waals surface area (Å²) >= 11 is 0. The lowest BCUT2D eigenvalue weighted by atomic mass is 10.4. The van der Waals surface area contributed by atoms with Gasteiger partial charge in [0.15, 0.2) is 23.7 Å². The number of hydrogen-bond donors (Lipinski definition) is 1. The minimum absolute atomic E-state index is 0.0620. The van der Waals surface area contributed by atoms with E-state index < -0.39 is 5.97 Å². The summed E-state index contributed by atoms with van der Waals surface area (Å²) in [6, 6.07) is 5.15. The number of fused-ring (bicyclic) bond motifs is 1. The highest BCUT2D eigenvalue weighted by Crippen LogP contribution is 2.18. The molecule has 6 heteroatoms. The molecular formula is C10H7N3O3. The fourth-order valence-electron chi connectivity index (χ4n) is 1.31. The lowest BCUT2D eigenvalue weighted by Crippen LogP contribution is -1.97. The topological polar surface area (TPSA) is 87.6 Å². The van der Waals surface area contributed by atoms with Crippen molar-refractivity contribution in [2.24, 2.45) is 0 Å². The Hall–Kier alpha value is -2.55. The molecule has 0 saturated heterocycles. The fraction of sp³-hybridized carbons (Fsp3) is 0.100. The quantitative estimate of drug-likeness (QED) is 0.826. The molecule has 16 heavy (non-hydrogen) atoms. The number of aromatic carboxylic acids is 1. The van der Waals surface area contributed by atoms with E-state index in [1.54, 1.807) is 18.3 Å². The molecule has 0 bridgehead atoms. The van der Waals surface area contributed by atoms with Gasteiger partial charge in [0.2, 0.25) is 0 Å². The van der Waals surface area contributed by atoms with E-state index in [0.29, 0.717) is 11.4 Å². The van der Waals surface area contributed by atoms with Gasteiger partial charge in [0.05, 0.1) is 0 Å². The highest BCUT2D eigenvalue weighted by Gasteiger charge is 2.11. The molecule has 0 unspecified atom stereocenters. The van der Waals surface area contributed by atoms with Crippen molar-refractivity contribution in [2.75, 3.05) is 6.61 Å². The molecule has 0 aliphatic carbocycles. The number of carboxylic acid groups (broad SMARTS) is 1. The van der Waals surface area contributed by atoms with Crippen LogP contribution in [0.4, 0.5) is 0 Å². The zero-order valence-electron chi connectivity index (χ0n) is 8.12. The summed E-state index contributed by atoms with van der Waals surface area (Å²) in [5, 5.41) is 17.2. The summed E-state index contributed by atoms with van der Waals surface area (Å²) in [6.07, 6.45) is 3.05. The SMILES string of the molecule is N#CCOc1cccn2cc(C(=O)O)nc12. The number of nitriles is 1. The van der Waals surface area contributed by atoms with Gasteiger partial charge in [-0.25, -0.2) is 9.78 Å². The Morgan fingerprint density at radius 2 is 2.50 bits per heavy atom. The first kappa shape index (κ1) is 9.98. The van der Waals surface area contributed by atoms with Gasteiger partial charge in [0.1, 0.15) is 6.07 Å². The van der Waals surface area contributed by atoms with E-state index >= 15 is 0 Å². The van der Waals surface area contributed by atoms with Crippen LogP contribution in [-0.4, -0.2) is 27.1 Å². The third-order valence-corrected chi connectivity index (χ3v) is 1.96. The van der Waals surface area contributed by atoms with Crippen molar-refractivity contribution in [3.05, 3.63) is 30.2 Å². The maximum Gasteiger partial charge on any atom is 0.356 e. The van der Waals surface area contributed by atoms with Crippen LogP contribution >= 0.6 is 0 Å². The zero-order valence-corrected chi connectivity index (χ0v) is 8.12. The highest BCUT2D eigenvalue weighted by molar-refractivity contribution is 5.86. The van der Waals surface area contributed by atoms with Crippen LogP contribution in [0.25, 0.3) is 5.65 Å². The Labute approximate surface area is 90.3 Å². The summed E-state index contributed by atoms with van der Waals surface area (Å²) in [4.78, 5) is 14.6. The monoisotopic (exact) mass is 217 g/mol. The maximum absolute atomic E-state index is 10.7. The molecule has 0 fully saturated rings. The van der Waals surface area contributed by atoms with E-state index in [4.69, 9.17) is 15.1 Å². The normalized spacial score (nSPS) is 9.94. The number of ether oxygens (including phenoxy) is 1. The molecule has 0 aliphatic heterocycles. The van der Waals surface area contributed by atoms with Crippen LogP contribution < -0.4 is 4.74 Å². The highest BCUT2D eigenvalue weighted by atomic mass is 16.5. The van der Waals surface area contributed by atoms with E-state index in [1.807, 2.05) is 6.07 Å². The molecule has 0 radical (unpaired) electrons. The third kappa shape index (κ3) is 1.66. The van der Waals surface area contributed by atoms with Crippen molar-refractivity contribution in [1.29, 1.82) is 5.26 Å². The Kier molecular flexibility index (Phi) is 2.44. The standard InChI is InChI=1S/C10H7N3O3/c11-3-5-16-8-2-1-4-13-6-7(10(14)15)12-9(8)13/h1-2,4,6H,5H2,(H,14,15). The van der Waals surface area contributed by atoms with Crippen LogP contribution in [0.5, 0.6) is 5.75 Å². The number of carbonyl (C=O) groups is 1. The van der Waals surface area contributed by atoms with E-state index in [0.717, 1.165) is 0 Å². The molecule has 1 N–H and O–H groups in total. The van der Waals surface area contributed by atoms with Gasteiger partial charge in [-0.1, -0.05) is 0 Å². The summed E-state index contributed by atoms with van der Waals surface area (Å²) in [5.74, 6) is -0.716. The average molecular weight is 217 g/mol. The molecule has 0 amide bonds. The van der Waals surface area contributed by atoms with Gasteiger partial charge in [0.25, 0.3) is 0 Å². The van der Waals surface area contributed by atoms with Crippen LogP contribution in [0.2, 0.25) is 0 Å². The van der Waals surface area contributed by atoms with Crippen molar-refractivity contribution in [1.82, 2.24) is 9.38 Å². The van der Waals surface area contributed by atoms with Crippen LogP contribution in [0.1, 0.15) is 10.5 Å². The Morgan fingerprint density at radius 3 is 3.19 bits per heavy atom. The van der Waals surface area contributed by atoms with Crippen molar-refractivity contribution in [2.45, 2.75) is 0 Å². The van der Waals surface area contributed by atoms with Gasteiger partial charge in [0, 0.05) is 12.4 Å². The molecule has 0 aliphatic rings. The second-order valence-electron chi connectivity index (χ2n) is 2.98. The van der Waals surface area contributed by atoms with Crippen molar-refractivity contribution >= 4 is 11.6 Å². The van der Waals surface area contributed by atoms with Crippen LogP contribution in [0, 0.1) is 11.3 Å². The number of hydrogen-bond acceptors (Lipinski definition) is 4. The second kappa shape index (κ2) is 3.90. The van der Waals surface area contributed by atoms with E-state index in [-0.39, 0.29) is 12.3 Å². The number of carboxylic acids is 1. The van der Waals surface area contributed by atoms with Crippen LogP contribution in [-0.2, 0) is 0 Å². The summed E-state index contributed by atoms with van der Waals surface area (Å²) in [5.41, 5.74) is 0.322. The lowest BCUT2D eigenvalue weighted by molar-refractivity contribution is 0.0691. The molecule has 2 aromatic heterocycles. The zero-order chi connectivity index (χ0) is 11.5. The Morgan fingerprint density at radius 1 is 1.69 bits per heavy atom. The number of imidazole rings is 1. The first-order valence-electron chi connectivity index (χ1n) is 4.43. The predicted molar refractivity (Wildman–Crippen MR) is 53.3 cm³/mol. The summed E-state index contributed by atoms with van der Waals surface area (Å²) in [6.45, 7) is -0.102. The molecule has 0 atom stereocenters. The average Bonchev–Trinajstić information content (AvgIpc) is 2.70. The predicted octanol–water partition coefficient (Wildman–Crippen LogP) is 0.935. The van der Waals surface area contributed by atoms with Gasteiger partial charge in [-0.05, 0) is 12.1 Å². The van der Waals surface area contributed by atoms with Gasteiger partial charge in [-0.3, -0.25) is 0 Å². The molecule has 6 nitrogen and oxygen atoms in total. The van der Waals surface area contributed by atoms with Crippen molar-refractivity contribution in [3.8, 4) is 11.8 Å². The maximum atomic E-state index is 10.7. The molecule has 0 saturated carbocycles. The van der Waals surface area contributed by atoms with Crippen molar-refractivity contribution < 1.29 is 14.6 Å². The molecule has 0 spiro atoms. The molecular weight excluding hydrogens is 210 g/mol. The van der Waals surface area contributed by atoms with Crippen LogP contribution in [0.3, 0.4) is 0 Å². The number of nitrogens with zero attached hydrogens (tertiary/aromatic N) is 3. The Balaban J connectivity index is 2.50. The molecule has 2 aromatic rings. The van der Waals surface area contributed by atoms with Crippen LogP contribution in [0.15, 0.2) is 24.5 Å². The minimum atomic E-state index is -1.10. The second-order valence-corrected chi connectivity index (χ2v) is 2.98. The molecule has 2 rings (SSSR count). The van der Waals surface area contributed by atoms with Gasteiger partial charge >= 0.3 is 5.97 Å². The first-order valence-corrected chi connectivity index (χ1v) is 4.43. The summed E-state index contributed by atoms with van der Waals surface area (Å²) in [7, 11) is 0. The van der Waals surface area contributed by atoms with Crippen molar-refractivity contribution in [3.63, 3.8) is 0 Å². The van der Waals surface area contributed by atoms with Gasteiger partial charge in [-0.15, -0.1) is 0 Å². The third-order valence-electron chi connectivity index (χ3n) is 1.96. The van der Waals surface area contributed by atoms with E-state index in [9.17, 15) is 4.79 Å². The molecule has 0 aromatic carbocycles. The number of pyridine rings is 1. The fourth-order valence-corrected chi connectivity index (χ4v) is 1.31. The lowest BCUT2D eigenvalue weighted by Gasteiger charge is -2.01. The number of rotatable bonds is 3. The van der Waals surface area contributed by atoms with E-state index in [2.05, 4.69) is 4.98 Å². The molecule has 2 heterocycles. The van der Waals surface area contributed by atoms with Gasteiger partial charge < -0.3 is 14.2 Å². The summed E-state index contributed by atoms with van der Waals surface area (Å²) < 4.78 is 6.66. The van der Waals surface area contributed by atoms with Gasteiger partial charge in [-0.2, -0.15) is 5.26 Å². The number of aromatic nitrogens is 2. The largest absolute Gasteiger partial charge is 0.476 e. The minimum Gasteiger partial charge on any atom is -0.476 e. The molecule has 80 valence electrons. The smallest absolute Gasteiger partial charge is 0.356 e. The Bertz CT molecular complexity index is 582. The first-order chi connectivity index (χ1) is 7.72. The van der Waals surface area contributed by atoms with E-state index in [1.165, 1.54) is 10.6 Å².